The number of methoxy groups -OCH3 is 1. The van der Waals surface area contributed by atoms with Crippen molar-refractivity contribution in [1.82, 2.24) is 0 Å². The van der Waals surface area contributed by atoms with Gasteiger partial charge in [-0.2, -0.15) is 0 Å². The number of carboxylic acids is 1. The number of benzene rings is 2. The molecule has 2 aromatic carbocycles. The summed E-state index contributed by atoms with van der Waals surface area (Å²) >= 11 is 0. The van der Waals surface area contributed by atoms with Crippen LogP contribution < -0.4 is 4.74 Å². The highest BCUT2D eigenvalue weighted by atomic mass is 16.5. The maximum Gasteiger partial charge on any atom is 0.334 e. The van der Waals surface area contributed by atoms with E-state index >= 15 is 0 Å². The van der Waals surface area contributed by atoms with Crippen molar-refractivity contribution in [2.24, 2.45) is 10.9 Å². The highest BCUT2D eigenvalue weighted by Gasteiger charge is 2.44. The maximum absolute atomic E-state index is 12.9. The topological polar surface area (TPSA) is 76.0 Å². The van der Waals surface area contributed by atoms with Crippen molar-refractivity contribution in [3.8, 4) is 5.75 Å². The molecule has 0 spiro atoms. The SMILES string of the molecule is COc1ccc2ccccc2c1C1C(C(=O)O)=C(C)N=C2CCCC(=O)C21. The van der Waals surface area contributed by atoms with Crippen LogP contribution in [0.3, 0.4) is 0 Å². The van der Waals surface area contributed by atoms with Crippen LogP contribution in [0.4, 0.5) is 0 Å². The van der Waals surface area contributed by atoms with Gasteiger partial charge >= 0.3 is 5.97 Å². The summed E-state index contributed by atoms with van der Waals surface area (Å²) in [7, 11) is 1.57. The van der Waals surface area contributed by atoms with E-state index in [1.54, 1.807) is 14.0 Å². The molecule has 2 atom stereocenters. The minimum atomic E-state index is -1.03. The second-order valence-electron chi connectivity index (χ2n) is 7.09. The van der Waals surface area contributed by atoms with Gasteiger partial charge in [0.15, 0.2) is 0 Å². The van der Waals surface area contributed by atoms with Gasteiger partial charge in [-0.1, -0.05) is 30.3 Å². The van der Waals surface area contributed by atoms with Crippen molar-refractivity contribution >= 4 is 28.2 Å². The Kier molecular flexibility index (Phi) is 4.30. The standard InChI is InChI=1S/C22H21NO4/c1-12-18(22(25)26)21(20-15(23-12)8-5-9-16(20)24)19-14-7-4-3-6-13(14)10-11-17(19)27-2/h3-4,6-7,10-11,20-21H,5,8-9H2,1-2H3,(H,25,26). The van der Waals surface area contributed by atoms with Crippen LogP contribution >= 0.6 is 0 Å². The van der Waals surface area contributed by atoms with Gasteiger partial charge in [0.1, 0.15) is 11.5 Å². The third-order valence-electron chi connectivity index (χ3n) is 5.60. The summed E-state index contributed by atoms with van der Waals surface area (Å²) in [6.45, 7) is 1.72. The lowest BCUT2D eigenvalue weighted by atomic mass is 9.68. The molecule has 0 bridgehead atoms. The number of ketones is 1. The number of rotatable bonds is 3. The summed E-state index contributed by atoms with van der Waals surface area (Å²) in [5, 5.41) is 11.9. The smallest absolute Gasteiger partial charge is 0.334 e. The molecule has 0 radical (unpaired) electrons. The largest absolute Gasteiger partial charge is 0.496 e. The number of carbonyl (C=O) groups excluding carboxylic acids is 1. The Morgan fingerprint density at radius 2 is 1.93 bits per heavy atom. The quantitative estimate of drug-likeness (QED) is 0.890. The summed E-state index contributed by atoms with van der Waals surface area (Å²) in [6, 6.07) is 11.6. The van der Waals surface area contributed by atoms with Crippen LogP contribution in [0.5, 0.6) is 5.75 Å². The molecular weight excluding hydrogens is 342 g/mol. The predicted octanol–water partition coefficient (Wildman–Crippen LogP) is 4.11. The zero-order valence-corrected chi connectivity index (χ0v) is 15.4. The van der Waals surface area contributed by atoms with Crippen LogP contribution in [0.2, 0.25) is 0 Å². The molecule has 2 aliphatic rings. The summed E-state index contributed by atoms with van der Waals surface area (Å²) in [6.07, 6.45) is 1.95. The van der Waals surface area contributed by atoms with E-state index in [1.165, 1.54) is 0 Å². The molecular formula is C22H21NO4. The van der Waals surface area contributed by atoms with E-state index in [-0.39, 0.29) is 11.4 Å². The van der Waals surface area contributed by atoms with Crippen molar-refractivity contribution in [2.45, 2.75) is 32.1 Å². The summed E-state index contributed by atoms with van der Waals surface area (Å²) < 4.78 is 5.62. The third kappa shape index (κ3) is 2.74. The molecule has 0 saturated heterocycles. The monoisotopic (exact) mass is 363 g/mol. The number of allylic oxidation sites excluding steroid dienone is 1. The fraction of sp³-hybridized carbons (Fsp3) is 0.318. The number of fused-ring (bicyclic) bond motifs is 2. The highest BCUT2D eigenvalue weighted by molar-refractivity contribution is 6.12. The molecule has 0 aromatic heterocycles. The molecule has 5 nitrogen and oxygen atoms in total. The number of ether oxygens (including phenoxy) is 1. The first-order valence-electron chi connectivity index (χ1n) is 9.12. The van der Waals surface area contributed by atoms with E-state index < -0.39 is 17.8 Å². The molecule has 2 aromatic rings. The average molecular weight is 363 g/mol. The number of Topliss-reactive ketones (excluding diaryl/α,β-unsaturated/α-hetero) is 1. The van der Waals surface area contributed by atoms with E-state index in [4.69, 9.17) is 4.74 Å². The van der Waals surface area contributed by atoms with E-state index in [0.29, 0.717) is 17.9 Å². The van der Waals surface area contributed by atoms with Crippen LogP contribution in [-0.2, 0) is 9.59 Å². The van der Waals surface area contributed by atoms with Crippen molar-refractivity contribution < 1.29 is 19.4 Å². The number of hydrogen-bond acceptors (Lipinski definition) is 4. The molecule has 0 amide bonds. The first-order chi connectivity index (χ1) is 13.0. The fourth-order valence-corrected chi connectivity index (χ4v) is 4.48. The van der Waals surface area contributed by atoms with Crippen LogP contribution in [0.1, 0.15) is 37.7 Å². The Hall–Kier alpha value is -2.95. The first kappa shape index (κ1) is 17.5. The molecule has 4 rings (SSSR count). The van der Waals surface area contributed by atoms with Gasteiger partial charge in [-0.15, -0.1) is 0 Å². The maximum atomic E-state index is 12.9. The van der Waals surface area contributed by atoms with Gasteiger partial charge in [0.05, 0.1) is 18.6 Å². The number of carboxylic acid groups (broad SMARTS) is 1. The normalized spacial score (nSPS) is 22.4. The minimum Gasteiger partial charge on any atom is -0.496 e. The van der Waals surface area contributed by atoms with Gasteiger partial charge in [0.25, 0.3) is 0 Å². The number of hydrogen-bond donors (Lipinski definition) is 1. The molecule has 1 fully saturated rings. The van der Waals surface area contributed by atoms with Crippen LogP contribution in [0.15, 0.2) is 52.7 Å². The lowest BCUT2D eigenvalue weighted by Crippen LogP contribution is -2.39. The van der Waals surface area contributed by atoms with Gasteiger partial charge in [-0.3, -0.25) is 9.79 Å². The Morgan fingerprint density at radius 1 is 1.15 bits per heavy atom. The number of aliphatic imine (C=N–C) groups is 1. The van der Waals surface area contributed by atoms with Crippen LogP contribution in [0, 0.1) is 5.92 Å². The van der Waals surface area contributed by atoms with Crippen LogP contribution in [-0.4, -0.2) is 29.7 Å². The molecule has 1 aliphatic heterocycles. The summed E-state index contributed by atoms with van der Waals surface area (Å²) in [4.78, 5) is 29.6. The zero-order valence-electron chi connectivity index (χ0n) is 15.4. The zero-order chi connectivity index (χ0) is 19.1. The third-order valence-corrected chi connectivity index (χ3v) is 5.60. The predicted molar refractivity (Wildman–Crippen MR) is 103 cm³/mol. The lowest BCUT2D eigenvalue weighted by Gasteiger charge is -2.36. The van der Waals surface area contributed by atoms with E-state index in [9.17, 15) is 14.7 Å². The Labute approximate surface area is 157 Å². The minimum absolute atomic E-state index is 0.0613. The highest BCUT2D eigenvalue weighted by Crippen LogP contribution is 2.47. The Bertz CT molecular complexity index is 1020. The van der Waals surface area contributed by atoms with E-state index in [1.807, 2.05) is 36.4 Å². The summed E-state index contributed by atoms with van der Waals surface area (Å²) in [5.41, 5.74) is 2.23. The second-order valence-corrected chi connectivity index (χ2v) is 7.09. The van der Waals surface area contributed by atoms with Crippen LogP contribution in [0.25, 0.3) is 10.8 Å². The number of aliphatic carboxylic acids is 1. The van der Waals surface area contributed by atoms with Crippen molar-refractivity contribution in [1.29, 1.82) is 0 Å². The Balaban J connectivity index is 2.06. The lowest BCUT2D eigenvalue weighted by molar-refractivity contribution is -0.133. The molecule has 27 heavy (non-hydrogen) atoms. The number of nitrogens with zero attached hydrogens (tertiary/aromatic N) is 1. The van der Waals surface area contributed by atoms with Crippen molar-refractivity contribution in [3.63, 3.8) is 0 Å². The van der Waals surface area contributed by atoms with Gasteiger partial charge in [-0.05, 0) is 36.6 Å². The number of carbonyl (C=O) groups is 2. The van der Waals surface area contributed by atoms with Crippen molar-refractivity contribution in [2.75, 3.05) is 7.11 Å². The van der Waals surface area contributed by atoms with E-state index in [2.05, 4.69) is 4.99 Å². The molecule has 5 heteroatoms. The van der Waals surface area contributed by atoms with Gasteiger partial charge in [0.2, 0.25) is 0 Å². The molecule has 1 heterocycles. The van der Waals surface area contributed by atoms with Crippen molar-refractivity contribution in [3.05, 3.63) is 53.2 Å². The molecule has 138 valence electrons. The van der Waals surface area contributed by atoms with E-state index in [0.717, 1.165) is 34.9 Å². The second kappa shape index (κ2) is 6.65. The van der Waals surface area contributed by atoms with Gasteiger partial charge < -0.3 is 9.84 Å². The molecule has 1 saturated carbocycles. The molecule has 1 N–H and O–H groups in total. The first-order valence-corrected chi connectivity index (χ1v) is 9.12. The summed E-state index contributed by atoms with van der Waals surface area (Å²) in [5.74, 6) is -1.50. The average Bonchev–Trinajstić information content (AvgIpc) is 2.66. The molecule has 1 aliphatic carbocycles. The van der Waals surface area contributed by atoms with Gasteiger partial charge in [-0.25, -0.2) is 4.79 Å². The molecule has 2 unspecified atom stereocenters. The van der Waals surface area contributed by atoms with Gasteiger partial charge in [0, 0.05) is 29.3 Å². The Morgan fingerprint density at radius 3 is 2.67 bits per heavy atom. The fourth-order valence-electron chi connectivity index (χ4n) is 4.48.